The molecule has 0 saturated carbocycles. The van der Waals surface area contributed by atoms with Crippen LogP contribution in [-0.2, 0) is 17.5 Å². The van der Waals surface area contributed by atoms with Crippen LogP contribution in [0.25, 0.3) is 5.70 Å². The molecule has 1 N–H and O–H groups in total. The van der Waals surface area contributed by atoms with Gasteiger partial charge >= 0.3 is 6.18 Å². The fourth-order valence-electron chi connectivity index (χ4n) is 4.03. The van der Waals surface area contributed by atoms with Gasteiger partial charge in [0.1, 0.15) is 12.4 Å². The minimum absolute atomic E-state index is 0.0353. The number of hydrogen-bond acceptors (Lipinski definition) is 4. The van der Waals surface area contributed by atoms with Gasteiger partial charge in [0.2, 0.25) is 0 Å². The van der Waals surface area contributed by atoms with Crippen LogP contribution < -0.4 is 10.1 Å². The highest BCUT2D eigenvalue weighted by Gasteiger charge is 2.35. The van der Waals surface area contributed by atoms with Crippen molar-refractivity contribution in [3.05, 3.63) is 71.3 Å². The van der Waals surface area contributed by atoms with Crippen molar-refractivity contribution in [3.63, 3.8) is 0 Å². The molecule has 4 nitrogen and oxygen atoms in total. The van der Waals surface area contributed by atoms with E-state index in [-0.39, 0.29) is 25.0 Å². The molecule has 2 aromatic carbocycles. The summed E-state index contributed by atoms with van der Waals surface area (Å²) in [5.74, 6) is -0.192. The summed E-state index contributed by atoms with van der Waals surface area (Å²) in [4.78, 5) is 4.69. The van der Waals surface area contributed by atoms with Crippen molar-refractivity contribution in [1.29, 1.82) is 0 Å². The van der Waals surface area contributed by atoms with E-state index in [1.54, 1.807) is 6.07 Å². The maximum atomic E-state index is 13.7. The molecule has 7 heteroatoms. The Labute approximate surface area is 186 Å². The van der Waals surface area contributed by atoms with E-state index in [2.05, 4.69) is 10.3 Å². The maximum absolute atomic E-state index is 13.7. The molecule has 32 heavy (non-hydrogen) atoms. The topological polar surface area (TPSA) is 42.9 Å². The van der Waals surface area contributed by atoms with E-state index in [0.29, 0.717) is 17.9 Å². The van der Waals surface area contributed by atoms with Gasteiger partial charge in [0, 0.05) is 17.3 Å². The number of nitrogens with zero attached hydrogens (tertiary/aromatic N) is 1. The van der Waals surface area contributed by atoms with E-state index in [1.165, 1.54) is 6.07 Å². The SMILES string of the molecule is FC(F)(F)c1cc(C2=CCCC([C@@H]3CCCN3)=N2)ccc1OCCOCc1ccccc1. The Morgan fingerprint density at radius 2 is 1.91 bits per heavy atom. The second kappa shape index (κ2) is 10.3. The third-order valence-corrected chi connectivity index (χ3v) is 5.64. The number of nitrogens with one attached hydrogen (secondary N) is 1. The number of rotatable bonds is 8. The van der Waals surface area contributed by atoms with Gasteiger partial charge in [0.15, 0.2) is 0 Å². The van der Waals surface area contributed by atoms with Crippen LogP contribution in [0.5, 0.6) is 5.75 Å². The van der Waals surface area contributed by atoms with Gasteiger partial charge in [-0.05, 0) is 56.0 Å². The van der Waals surface area contributed by atoms with Gasteiger partial charge in [0.25, 0.3) is 0 Å². The summed E-state index contributed by atoms with van der Waals surface area (Å²) in [6.45, 7) is 1.58. The van der Waals surface area contributed by atoms with Crippen LogP contribution in [0.4, 0.5) is 13.2 Å². The molecule has 0 amide bonds. The standard InChI is InChI=1S/C25H27F3N2O2/c26-25(27,28)20-16-19(21-8-4-9-23(30-21)22-10-5-13-29-22)11-12-24(20)32-15-14-31-17-18-6-2-1-3-7-18/h1-3,6-8,11-12,16,22,29H,4-5,9-10,13-15,17H2/t22-/m0/s1. The molecule has 1 fully saturated rings. The molecule has 2 aliphatic heterocycles. The zero-order chi connectivity index (χ0) is 22.4. The Morgan fingerprint density at radius 3 is 2.66 bits per heavy atom. The van der Waals surface area contributed by atoms with Crippen LogP contribution in [0.2, 0.25) is 0 Å². The number of hydrogen-bond donors (Lipinski definition) is 1. The minimum Gasteiger partial charge on any atom is -0.491 e. The summed E-state index contributed by atoms with van der Waals surface area (Å²) in [5, 5.41) is 3.42. The molecule has 0 aliphatic carbocycles. The van der Waals surface area contributed by atoms with Gasteiger partial charge in [-0.15, -0.1) is 0 Å². The smallest absolute Gasteiger partial charge is 0.419 e. The normalized spacial score (nSPS) is 18.9. The molecule has 170 valence electrons. The van der Waals surface area contributed by atoms with Crippen LogP contribution in [0.1, 0.15) is 42.4 Å². The first-order valence-electron chi connectivity index (χ1n) is 11.0. The number of aliphatic imine (C=N–C) groups is 1. The van der Waals surface area contributed by atoms with Gasteiger partial charge in [-0.1, -0.05) is 36.4 Å². The number of ether oxygens (including phenoxy) is 2. The first-order chi connectivity index (χ1) is 15.5. The average Bonchev–Trinajstić information content (AvgIpc) is 3.34. The lowest BCUT2D eigenvalue weighted by Crippen LogP contribution is -2.31. The quantitative estimate of drug-likeness (QED) is 0.537. The summed E-state index contributed by atoms with van der Waals surface area (Å²) in [5.41, 5.74) is 2.30. The second-order valence-corrected chi connectivity index (χ2v) is 7.98. The van der Waals surface area contributed by atoms with E-state index >= 15 is 0 Å². The van der Waals surface area contributed by atoms with Gasteiger partial charge < -0.3 is 14.8 Å². The zero-order valence-corrected chi connectivity index (χ0v) is 17.8. The van der Waals surface area contributed by atoms with E-state index < -0.39 is 11.7 Å². The van der Waals surface area contributed by atoms with Crippen LogP contribution in [0, 0.1) is 0 Å². The van der Waals surface area contributed by atoms with Gasteiger partial charge in [-0.25, -0.2) is 0 Å². The summed E-state index contributed by atoms with van der Waals surface area (Å²) in [6, 6.07) is 14.0. The Balaban J connectivity index is 1.42. The highest BCUT2D eigenvalue weighted by molar-refractivity contribution is 5.95. The third kappa shape index (κ3) is 5.78. The number of allylic oxidation sites excluding steroid dienone is 1. The summed E-state index contributed by atoms with van der Waals surface area (Å²) >= 11 is 0. The molecular formula is C25H27F3N2O2. The molecule has 1 saturated heterocycles. The van der Waals surface area contributed by atoms with Gasteiger partial charge in [0.05, 0.1) is 24.5 Å². The van der Waals surface area contributed by atoms with Crippen molar-refractivity contribution in [2.75, 3.05) is 19.8 Å². The molecule has 0 unspecified atom stereocenters. The fourth-order valence-corrected chi connectivity index (χ4v) is 4.03. The number of benzene rings is 2. The van der Waals surface area contributed by atoms with Crippen molar-refractivity contribution in [2.45, 2.75) is 44.5 Å². The Kier molecular flexibility index (Phi) is 7.27. The highest BCUT2D eigenvalue weighted by atomic mass is 19.4. The molecule has 2 aliphatic rings. The predicted molar refractivity (Wildman–Crippen MR) is 119 cm³/mol. The van der Waals surface area contributed by atoms with E-state index in [0.717, 1.165) is 49.6 Å². The molecule has 0 radical (unpaired) electrons. The van der Waals surface area contributed by atoms with E-state index in [9.17, 15) is 13.2 Å². The minimum atomic E-state index is -4.52. The molecular weight excluding hydrogens is 417 g/mol. The fraction of sp³-hybridized carbons (Fsp3) is 0.400. The summed E-state index contributed by atoms with van der Waals surface area (Å²) in [7, 11) is 0. The van der Waals surface area contributed by atoms with Crippen molar-refractivity contribution in [3.8, 4) is 5.75 Å². The van der Waals surface area contributed by atoms with Crippen LogP contribution >= 0.6 is 0 Å². The molecule has 2 heterocycles. The Hall–Kier alpha value is -2.64. The highest BCUT2D eigenvalue weighted by Crippen LogP contribution is 2.38. The van der Waals surface area contributed by atoms with Gasteiger partial charge in [-0.2, -0.15) is 13.2 Å². The molecule has 4 rings (SSSR count). The van der Waals surface area contributed by atoms with Crippen LogP contribution in [0.3, 0.4) is 0 Å². The van der Waals surface area contributed by atoms with E-state index in [4.69, 9.17) is 9.47 Å². The van der Waals surface area contributed by atoms with E-state index in [1.807, 2.05) is 36.4 Å². The number of alkyl halides is 3. The Morgan fingerprint density at radius 1 is 1.06 bits per heavy atom. The van der Waals surface area contributed by atoms with Crippen LogP contribution in [0.15, 0.2) is 59.6 Å². The van der Waals surface area contributed by atoms with Crippen LogP contribution in [-0.4, -0.2) is 31.5 Å². The number of halogens is 3. The van der Waals surface area contributed by atoms with Crippen molar-refractivity contribution >= 4 is 11.4 Å². The average molecular weight is 444 g/mol. The maximum Gasteiger partial charge on any atom is 0.419 e. The lowest BCUT2D eigenvalue weighted by molar-refractivity contribution is -0.139. The van der Waals surface area contributed by atoms with Crippen molar-refractivity contribution in [1.82, 2.24) is 5.32 Å². The molecule has 0 spiro atoms. The molecule has 2 aromatic rings. The van der Waals surface area contributed by atoms with Crippen molar-refractivity contribution in [2.24, 2.45) is 4.99 Å². The zero-order valence-electron chi connectivity index (χ0n) is 17.8. The lowest BCUT2D eigenvalue weighted by Gasteiger charge is -2.20. The van der Waals surface area contributed by atoms with Crippen molar-refractivity contribution < 1.29 is 22.6 Å². The molecule has 0 aromatic heterocycles. The monoisotopic (exact) mass is 444 g/mol. The molecule has 1 atom stereocenters. The lowest BCUT2D eigenvalue weighted by atomic mass is 9.99. The molecule has 0 bridgehead atoms. The second-order valence-electron chi connectivity index (χ2n) is 7.98. The predicted octanol–water partition coefficient (Wildman–Crippen LogP) is 5.63. The summed E-state index contributed by atoms with van der Waals surface area (Å²) in [6.07, 6.45) is 1.14. The first-order valence-corrected chi connectivity index (χ1v) is 11.0. The summed E-state index contributed by atoms with van der Waals surface area (Å²) < 4.78 is 52.2. The Bertz CT molecular complexity index is 965. The van der Waals surface area contributed by atoms with Gasteiger partial charge in [-0.3, -0.25) is 4.99 Å². The first kappa shape index (κ1) is 22.6. The third-order valence-electron chi connectivity index (χ3n) is 5.64. The largest absolute Gasteiger partial charge is 0.491 e.